The lowest BCUT2D eigenvalue weighted by molar-refractivity contribution is 0.122. The number of hydrogen-bond acceptors (Lipinski definition) is 5. The van der Waals surface area contributed by atoms with Gasteiger partial charge in [-0.1, -0.05) is 28.1 Å². The second-order valence-electron chi connectivity index (χ2n) is 5.79. The Bertz CT molecular complexity index is 843. The quantitative estimate of drug-likeness (QED) is 0.697. The summed E-state index contributed by atoms with van der Waals surface area (Å²) < 4.78 is 6.40. The number of nitrogens with one attached hydrogen (secondary N) is 2. The summed E-state index contributed by atoms with van der Waals surface area (Å²) in [7, 11) is 0. The zero-order valence-electron chi connectivity index (χ0n) is 13.6. The van der Waals surface area contributed by atoms with Crippen LogP contribution in [0.25, 0.3) is 11.4 Å². The Balaban J connectivity index is 1.45. The van der Waals surface area contributed by atoms with E-state index in [0.717, 1.165) is 47.9 Å². The average molecular weight is 400 g/mol. The SMILES string of the molecule is Brc1cccc(-c2nc(Nc3ccc(N4CCOCC4)cc3)n[nH]2)c1. The van der Waals surface area contributed by atoms with Crippen molar-refractivity contribution in [1.29, 1.82) is 0 Å². The number of anilines is 3. The number of aromatic amines is 1. The predicted molar refractivity (Wildman–Crippen MR) is 102 cm³/mol. The molecule has 0 radical (unpaired) electrons. The van der Waals surface area contributed by atoms with Crippen molar-refractivity contribution < 1.29 is 4.74 Å². The fourth-order valence-electron chi connectivity index (χ4n) is 2.79. The molecule has 1 fully saturated rings. The minimum absolute atomic E-state index is 0.550. The summed E-state index contributed by atoms with van der Waals surface area (Å²) in [6, 6.07) is 16.2. The first-order chi connectivity index (χ1) is 12.3. The van der Waals surface area contributed by atoms with Gasteiger partial charge in [-0.15, -0.1) is 5.10 Å². The van der Waals surface area contributed by atoms with Crippen LogP contribution in [0.1, 0.15) is 0 Å². The van der Waals surface area contributed by atoms with E-state index in [1.54, 1.807) is 0 Å². The van der Waals surface area contributed by atoms with Crippen LogP contribution >= 0.6 is 15.9 Å². The van der Waals surface area contributed by atoms with E-state index in [0.29, 0.717) is 5.95 Å². The Morgan fingerprint density at radius 1 is 1.08 bits per heavy atom. The highest BCUT2D eigenvalue weighted by molar-refractivity contribution is 9.10. The molecule has 7 heteroatoms. The van der Waals surface area contributed by atoms with E-state index in [2.05, 4.69) is 53.5 Å². The number of halogens is 1. The molecule has 2 aromatic carbocycles. The Kier molecular flexibility index (Phi) is 4.67. The van der Waals surface area contributed by atoms with Crippen molar-refractivity contribution in [3.8, 4) is 11.4 Å². The molecular formula is C18H18BrN5O. The molecule has 0 unspecified atom stereocenters. The number of hydrogen-bond donors (Lipinski definition) is 2. The molecule has 0 saturated carbocycles. The third-order valence-electron chi connectivity index (χ3n) is 4.08. The second kappa shape index (κ2) is 7.25. The van der Waals surface area contributed by atoms with Crippen LogP contribution in [-0.2, 0) is 4.74 Å². The van der Waals surface area contributed by atoms with E-state index in [9.17, 15) is 0 Å². The number of H-pyrrole nitrogens is 1. The molecule has 6 nitrogen and oxygen atoms in total. The number of morpholine rings is 1. The van der Waals surface area contributed by atoms with Crippen LogP contribution < -0.4 is 10.2 Å². The summed E-state index contributed by atoms with van der Waals surface area (Å²) >= 11 is 3.47. The van der Waals surface area contributed by atoms with Crippen molar-refractivity contribution in [1.82, 2.24) is 15.2 Å². The molecule has 0 aliphatic carbocycles. The zero-order chi connectivity index (χ0) is 17.1. The Morgan fingerprint density at radius 3 is 2.64 bits per heavy atom. The summed E-state index contributed by atoms with van der Waals surface area (Å²) in [5, 5.41) is 10.4. The summed E-state index contributed by atoms with van der Waals surface area (Å²) in [5.74, 6) is 1.28. The monoisotopic (exact) mass is 399 g/mol. The molecule has 2 N–H and O–H groups in total. The molecule has 1 aliphatic rings. The molecule has 128 valence electrons. The first-order valence-corrected chi connectivity index (χ1v) is 8.95. The molecule has 1 saturated heterocycles. The first kappa shape index (κ1) is 16.1. The topological polar surface area (TPSA) is 66.1 Å². The van der Waals surface area contributed by atoms with E-state index >= 15 is 0 Å². The first-order valence-electron chi connectivity index (χ1n) is 8.16. The van der Waals surface area contributed by atoms with Gasteiger partial charge < -0.3 is 15.0 Å². The Labute approximate surface area is 154 Å². The number of aromatic nitrogens is 3. The lowest BCUT2D eigenvalue weighted by atomic mass is 10.2. The highest BCUT2D eigenvalue weighted by Gasteiger charge is 2.11. The van der Waals surface area contributed by atoms with Gasteiger partial charge in [-0.3, -0.25) is 5.10 Å². The van der Waals surface area contributed by atoms with Crippen LogP contribution in [0.4, 0.5) is 17.3 Å². The average Bonchev–Trinajstić information content (AvgIpc) is 3.12. The molecule has 3 aromatic rings. The number of nitrogens with zero attached hydrogens (tertiary/aromatic N) is 3. The van der Waals surface area contributed by atoms with Crippen molar-refractivity contribution in [2.45, 2.75) is 0 Å². The number of ether oxygens (including phenoxy) is 1. The molecule has 2 heterocycles. The van der Waals surface area contributed by atoms with Gasteiger partial charge in [0, 0.05) is 34.5 Å². The standard InChI is InChI=1S/C18H18BrN5O/c19-14-3-1-2-13(12-14)17-21-18(23-22-17)20-15-4-6-16(7-5-15)24-8-10-25-11-9-24/h1-7,12H,8-11H2,(H2,20,21,22,23). The Hall–Kier alpha value is -2.38. The molecular weight excluding hydrogens is 382 g/mol. The minimum atomic E-state index is 0.550. The van der Waals surface area contributed by atoms with Crippen LogP contribution in [0.3, 0.4) is 0 Å². The third-order valence-corrected chi connectivity index (χ3v) is 4.58. The van der Waals surface area contributed by atoms with Gasteiger partial charge in [-0.05, 0) is 36.4 Å². The van der Waals surface area contributed by atoms with Crippen molar-refractivity contribution in [3.63, 3.8) is 0 Å². The zero-order valence-corrected chi connectivity index (χ0v) is 15.2. The Morgan fingerprint density at radius 2 is 1.88 bits per heavy atom. The van der Waals surface area contributed by atoms with E-state index in [1.807, 2.05) is 36.4 Å². The van der Waals surface area contributed by atoms with E-state index < -0.39 is 0 Å². The maximum atomic E-state index is 5.39. The largest absolute Gasteiger partial charge is 0.378 e. The minimum Gasteiger partial charge on any atom is -0.378 e. The van der Waals surface area contributed by atoms with Gasteiger partial charge in [-0.25, -0.2) is 0 Å². The van der Waals surface area contributed by atoms with E-state index in [-0.39, 0.29) is 0 Å². The van der Waals surface area contributed by atoms with Crippen LogP contribution in [0.15, 0.2) is 53.0 Å². The number of rotatable bonds is 4. The molecule has 0 spiro atoms. The molecule has 0 bridgehead atoms. The maximum Gasteiger partial charge on any atom is 0.246 e. The summed E-state index contributed by atoms with van der Waals surface area (Å²) in [6.45, 7) is 3.44. The van der Waals surface area contributed by atoms with Crippen LogP contribution in [0.2, 0.25) is 0 Å². The maximum absolute atomic E-state index is 5.39. The molecule has 25 heavy (non-hydrogen) atoms. The van der Waals surface area contributed by atoms with Gasteiger partial charge in [0.1, 0.15) is 0 Å². The molecule has 1 aliphatic heterocycles. The number of benzene rings is 2. The lowest BCUT2D eigenvalue weighted by Crippen LogP contribution is -2.36. The van der Waals surface area contributed by atoms with Crippen molar-refractivity contribution in [3.05, 3.63) is 53.0 Å². The van der Waals surface area contributed by atoms with Gasteiger partial charge >= 0.3 is 0 Å². The molecule has 4 rings (SSSR count). The van der Waals surface area contributed by atoms with Crippen molar-refractivity contribution in [2.24, 2.45) is 0 Å². The van der Waals surface area contributed by atoms with Crippen molar-refractivity contribution >= 4 is 33.3 Å². The summed E-state index contributed by atoms with van der Waals surface area (Å²) in [5.41, 5.74) is 3.15. The molecule has 1 aromatic heterocycles. The van der Waals surface area contributed by atoms with Gasteiger partial charge in [0.15, 0.2) is 5.82 Å². The van der Waals surface area contributed by atoms with Gasteiger partial charge in [0.05, 0.1) is 13.2 Å². The lowest BCUT2D eigenvalue weighted by Gasteiger charge is -2.28. The smallest absolute Gasteiger partial charge is 0.246 e. The predicted octanol–water partition coefficient (Wildman–Crippen LogP) is 3.81. The van der Waals surface area contributed by atoms with Crippen LogP contribution in [0.5, 0.6) is 0 Å². The summed E-state index contributed by atoms with van der Waals surface area (Å²) in [6.07, 6.45) is 0. The van der Waals surface area contributed by atoms with Crippen molar-refractivity contribution in [2.75, 3.05) is 36.5 Å². The van der Waals surface area contributed by atoms with E-state index in [4.69, 9.17) is 4.74 Å². The fourth-order valence-corrected chi connectivity index (χ4v) is 3.19. The van der Waals surface area contributed by atoms with Gasteiger partial charge in [0.2, 0.25) is 5.95 Å². The molecule has 0 atom stereocenters. The van der Waals surface area contributed by atoms with E-state index in [1.165, 1.54) is 5.69 Å². The fraction of sp³-hybridized carbons (Fsp3) is 0.222. The highest BCUT2D eigenvalue weighted by Crippen LogP contribution is 2.23. The third kappa shape index (κ3) is 3.83. The second-order valence-corrected chi connectivity index (χ2v) is 6.70. The van der Waals surface area contributed by atoms with Crippen LogP contribution in [-0.4, -0.2) is 41.5 Å². The van der Waals surface area contributed by atoms with Crippen LogP contribution in [0, 0.1) is 0 Å². The molecule has 0 amide bonds. The van der Waals surface area contributed by atoms with Gasteiger partial charge in [0.25, 0.3) is 0 Å². The normalized spacial score (nSPS) is 14.5. The summed E-state index contributed by atoms with van der Waals surface area (Å²) in [4.78, 5) is 6.83. The van der Waals surface area contributed by atoms with Gasteiger partial charge in [-0.2, -0.15) is 4.98 Å². The highest BCUT2D eigenvalue weighted by atomic mass is 79.9.